The first-order valence-electron chi connectivity index (χ1n) is 6.68. The molecule has 0 aliphatic carbocycles. The number of hydrogen-bond acceptors (Lipinski definition) is 3. The minimum Gasteiger partial charge on any atom is -0.384 e. The predicted molar refractivity (Wildman–Crippen MR) is 79.9 cm³/mol. The Morgan fingerprint density at radius 2 is 1.89 bits per heavy atom. The number of sulfonamides is 1. The smallest absolute Gasteiger partial charge is 0.244 e. The van der Waals surface area contributed by atoms with Crippen molar-refractivity contribution in [2.45, 2.75) is 32.1 Å². The highest BCUT2D eigenvalue weighted by Gasteiger charge is 2.23. The first kappa shape index (κ1) is 16.0. The van der Waals surface area contributed by atoms with Crippen molar-refractivity contribution in [2.75, 3.05) is 25.5 Å². The van der Waals surface area contributed by atoms with Crippen molar-refractivity contribution in [1.29, 1.82) is 0 Å². The molecule has 0 fully saturated rings. The molecule has 0 spiro atoms. The molecule has 0 aliphatic rings. The van der Waals surface area contributed by atoms with E-state index < -0.39 is 10.0 Å². The summed E-state index contributed by atoms with van der Waals surface area (Å²) in [5.74, 6) is 0.488. The Hall–Kier alpha value is -1.07. The highest BCUT2D eigenvalue weighted by Crippen LogP contribution is 2.24. The lowest BCUT2D eigenvalue weighted by Crippen LogP contribution is -2.29. The standard InChI is InChI=1S/C14H24N2O2S/c1-5-15-13-8-6-7-9-14(13)19(17,18)16(4)11-10-12(2)3/h6-9,12,15H,5,10-11H2,1-4H3. The van der Waals surface area contributed by atoms with Gasteiger partial charge in [0.2, 0.25) is 10.0 Å². The van der Waals surface area contributed by atoms with Gasteiger partial charge in [0.05, 0.1) is 5.69 Å². The van der Waals surface area contributed by atoms with E-state index >= 15 is 0 Å². The molecule has 1 N–H and O–H groups in total. The zero-order valence-electron chi connectivity index (χ0n) is 12.2. The van der Waals surface area contributed by atoms with Gasteiger partial charge in [0.15, 0.2) is 0 Å². The molecule has 1 rings (SSSR count). The number of rotatable bonds is 7. The van der Waals surface area contributed by atoms with E-state index in [1.807, 2.05) is 13.0 Å². The molecule has 0 aliphatic heterocycles. The van der Waals surface area contributed by atoms with Gasteiger partial charge in [-0.05, 0) is 31.4 Å². The first-order chi connectivity index (χ1) is 8.89. The van der Waals surface area contributed by atoms with Crippen molar-refractivity contribution >= 4 is 15.7 Å². The third-order valence-electron chi connectivity index (χ3n) is 2.96. The van der Waals surface area contributed by atoms with E-state index in [9.17, 15) is 8.42 Å². The maximum Gasteiger partial charge on any atom is 0.244 e. The monoisotopic (exact) mass is 284 g/mol. The molecule has 0 heterocycles. The molecule has 0 saturated carbocycles. The van der Waals surface area contributed by atoms with Crippen LogP contribution in [0, 0.1) is 5.92 Å². The zero-order valence-corrected chi connectivity index (χ0v) is 13.0. The van der Waals surface area contributed by atoms with Crippen molar-refractivity contribution in [3.05, 3.63) is 24.3 Å². The second kappa shape index (κ2) is 6.91. The van der Waals surface area contributed by atoms with Crippen LogP contribution in [-0.4, -0.2) is 32.9 Å². The average Bonchev–Trinajstić information content (AvgIpc) is 2.36. The second-order valence-corrected chi connectivity index (χ2v) is 7.05. The number of benzene rings is 1. The topological polar surface area (TPSA) is 49.4 Å². The van der Waals surface area contributed by atoms with Crippen molar-refractivity contribution in [3.8, 4) is 0 Å². The van der Waals surface area contributed by atoms with Crippen LogP contribution in [0.3, 0.4) is 0 Å². The lowest BCUT2D eigenvalue weighted by atomic mass is 10.1. The number of hydrogen-bond donors (Lipinski definition) is 1. The maximum atomic E-state index is 12.5. The first-order valence-corrected chi connectivity index (χ1v) is 8.12. The third kappa shape index (κ3) is 4.21. The van der Waals surface area contributed by atoms with Crippen LogP contribution < -0.4 is 5.32 Å². The van der Waals surface area contributed by atoms with E-state index in [4.69, 9.17) is 0 Å². The Labute approximate surface area is 116 Å². The summed E-state index contributed by atoms with van der Waals surface area (Å²) in [4.78, 5) is 0.350. The van der Waals surface area contributed by atoms with Crippen molar-refractivity contribution in [1.82, 2.24) is 4.31 Å². The van der Waals surface area contributed by atoms with Crippen molar-refractivity contribution in [3.63, 3.8) is 0 Å². The SMILES string of the molecule is CCNc1ccccc1S(=O)(=O)N(C)CCC(C)C. The van der Waals surface area contributed by atoms with E-state index in [2.05, 4.69) is 19.2 Å². The number of para-hydroxylation sites is 1. The minimum atomic E-state index is -3.42. The summed E-state index contributed by atoms with van der Waals surface area (Å²) >= 11 is 0. The molecule has 0 saturated heterocycles. The summed E-state index contributed by atoms with van der Waals surface area (Å²) in [6.45, 7) is 7.37. The summed E-state index contributed by atoms with van der Waals surface area (Å²) < 4.78 is 26.5. The lowest BCUT2D eigenvalue weighted by Gasteiger charge is -2.20. The van der Waals surface area contributed by atoms with Gasteiger partial charge in [-0.1, -0.05) is 26.0 Å². The van der Waals surface area contributed by atoms with E-state index in [0.717, 1.165) is 6.42 Å². The van der Waals surface area contributed by atoms with Crippen LogP contribution in [0.15, 0.2) is 29.2 Å². The molecule has 0 aromatic heterocycles. The maximum absolute atomic E-state index is 12.5. The average molecular weight is 284 g/mol. The van der Waals surface area contributed by atoms with E-state index in [0.29, 0.717) is 29.6 Å². The Morgan fingerprint density at radius 1 is 1.26 bits per heavy atom. The van der Waals surface area contributed by atoms with Gasteiger partial charge < -0.3 is 5.32 Å². The van der Waals surface area contributed by atoms with Crippen LogP contribution in [0.1, 0.15) is 27.2 Å². The van der Waals surface area contributed by atoms with Gasteiger partial charge in [0.1, 0.15) is 4.90 Å². The quantitative estimate of drug-likeness (QED) is 0.837. The minimum absolute atomic E-state index is 0.350. The summed E-state index contributed by atoms with van der Waals surface area (Å²) in [6.07, 6.45) is 0.860. The van der Waals surface area contributed by atoms with Crippen LogP contribution in [-0.2, 0) is 10.0 Å². The molecule has 4 nitrogen and oxygen atoms in total. The van der Waals surface area contributed by atoms with Crippen LogP contribution in [0.5, 0.6) is 0 Å². The molecule has 1 aromatic carbocycles. The second-order valence-electron chi connectivity index (χ2n) is 5.04. The van der Waals surface area contributed by atoms with Crippen LogP contribution in [0.2, 0.25) is 0 Å². The Balaban J connectivity index is 2.99. The molecule has 0 atom stereocenters. The Bertz CT molecular complexity index is 498. The van der Waals surface area contributed by atoms with Crippen LogP contribution in [0.25, 0.3) is 0 Å². The van der Waals surface area contributed by atoms with E-state index in [-0.39, 0.29) is 0 Å². The normalized spacial score (nSPS) is 12.1. The van der Waals surface area contributed by atoms with Gasteiger partial charge in [-0.15, -0.1) is 0 Å². The molecule has 0 amide bonds. The molecular formula is C14H24N2O2S. The zero-order chi connectivity index (χ0) is 14.5. The number of nitrogens with zero attached hydrogens (tertiary/aromatic N) is 1. The van der Waals surface area contributed by atoms with Gasteiger partial charge in [-0.3, -0.25) is 0 Å². The molecular weight excluding hydrogens is 260 g/mol. The van der Waals surface area contributed by atoms with Gasteiger partial charge in [0, 0.05) is 20.1 Å². The molecule has 19 heavy (non-hydrogen) atoms. The Kier molecular flexibility index (Phi) is 5.82. The van der Waals surface area contributed by atoms with Crippen LogP contribution >= 0.6 is 0 Å². The predicted octanol–water partition coefficient (Wildman–Crippen LogP) is 2.79. The van der Waals surface area contributed by atoms with E-state index in [1.54, 1.807) is 25.2 Å². The highest BCUT2D eigenvalue weighted by molar-refractivity contribution is 7.89. The summed E-state index contributed by atoms with van der Waals surface area (Å²) in [5.41, 5.74) is 0.668. The highest BCUT2D eigenvalue weighted by atomic mass is 32.2. The summed E-state index contributed by atoms with van der Waals surface area (Å²) in [6, 6.07) is 7.04. The van der Waals surface area contributed by atoms with Crippen molar-refractivity contribution < 1.29 is 8.42 Å². The van der Waals surface area contributed by atoms with E-state index in [1.165, 1.54) is 4.31 Å². The van der Waals surface area contributed by atoms with Crippen LogP contribution in [0.4, 0.5) is 5.69 Å². The third-order valence-corrected chi connectivity index (χ3v) is 4.88. The molecule has 0 unspecified atom stereocenters. The van der Waals surface area contributed by atoms with Gasteiger partial charge in [0.25, 0.3) is 0 Å². The molecule has 0 radical (unpaired) electrons. The molecule has 0 bridgehead atoms. The number of nitrogens with one attached hydrogen (secondary N) is 1. The van der Waals surface area contributed by atoms with Gasteiger partial charge >= 0.3 is 0 Å². The largest absolute Gasteiger partial charge is 0.384 e. The fourth-order valence-corrected chi connectivity index (χ4v) is 3.11. The fraction of sp³-hybridized carbons (Fsp3) is 0.571. The fourth-order valence-electron chi connectivity index (χ4n) is 1.76. The summed E-state index contributed by atoms with van der Waals surface area (Å²) in [7, 11) is -1.78. The number of anilines is 1. The summed E-state index contributed by atoms with van der Waals surface area (Å²) in [5, 5.41) is 3.10. The molecule has 108 valence electrons. The van der Waals surface area contributed by atoms with Gasteiger partial charge in [-0.2, -0.15) is 0 Å². The molecule has 1 aromatic rings. The van der Waals surface area contributed by atoms with Gasteiger partial charge in [-0.25, -0.2) is 12.7 Å². The molecule has 5 heteroatoms. The lowest BCUT2D eigenvalue weighted by molar-refractivity contribution is 0.428. The van der Waals surface area contributed by atoms with Crippen molar-refractivity contribution in [2.24, 2.45) is 5.92 Å². The Morgan fingerprint density at radius 3 is 2.47 bits per heavy atom.